The number of aryl methyl sites for hydroxylation is 2. The van der Waals surface area contributed by atoms with Crippen molar-refractivity contribution in [3.8, 4) is 5.75 Å². The van der Waals surface area contributed by atoms with Crippen LogP contribution in [0.3, 0.4) is 0 Å². The fourth-order valence-electron chi connectivity index (χ4n) is 2.07. The first-order chi connectivity index (χ1) is 9.60. The molecule has 2 rings (SSSR count). The maximum atomic E-state index is 9.17. The molecule has 0 aliphatic rings. The highest BCUT2D eigenvalue weighted by atomic mass is 16.5. The van der Waals surface area contributed by atoms with Gasteiger partial charge in [-0.25, -0.2) is 0 Å². The van der Waals surface area contributed by atoms with Gasteiger partial charge in [0.2, 0.25) is 0 Å². The van der Waals surface area contributed by atoms with Gasteiger partial charge in [-0.3, -0.25) is 0 Å². The first-order valence-corrected chi connectivity index (χ1v) is 6.77. The first-order valence-electron chi connectivity index (χ1n) is 6.77. The molecule has 104 valence electrons. The predicted octanol–water partition coefficient (Wildman–Crippen LogP) is 1.82. The average Bonchev–Trinajstić information content (AvgIpc) is 2.45. The zero-order valence-corrected chi connectivity index (χ0v) is 11.8. The molecule has 0 spiro atoms. The van der Waals surface area contributed by atoms with Gasteiger partial charge in [0, 0.05) is 0 Å². The van der Waals surface area contributed by atoms with Gasteiger partial charge in [0.05, 0.1) is 0 Å². The lowest BCUT2D eigenvalue weighted by atomic mass is 9.77. The fourth-order valence-corrected chi connectivity index (χ4v) is 2.07. The van der Waals surface area contributed by atoms with E-state index in [2.05, 4.69) is 31.2 Å². The zero-order chi connectivity index (χ0) is 14.5. The average molecular weight is 270 g/mol. The highest BCUT2D eigenvalue weighted by Crippen LogP contribution is 2.14. The summed E-state index contributed by atoms with van der Waals surface area (Å²) in [6, 6.07) is 13.6. The van der Waals surface area contributed by atoms with Crippen LogP contribution in [0.5, 0.6) is 5.75 Å². The molecule has 0 amide bonds. The maximum absolute atomic E-state index is 9.17. The fraction of sp³-hybridized carbons (Fsp3) is 0.250. The number of benzene rings is 2. The van der Waals surface area contributed by atoms with E-state index in [0.29, 0.717) is 12.1 Å². The molecule has 2 aromatic rings. The van der Waals surface area contributed by atoms with E-state index in [1.54, 1.807) is 12.1 Å². The lowest BCUT2D eigenvalue weighted by Crippen LogP contribution is -2.31. The van der Waals surface area contributed by atoms with E-state index in [1.165, 1.54) is 5.56 Å². The monoisotopic (exact) mass is 270 g/mol. The molecule has 0 saturated heterocycles. The van der Waals surface area contributed by atoms with Gasteiger partial charge in [-0.2, -0.15) is 0 Å². The highest BCUT2D eigenvalue weighted by molar-refractivity contribution is 6.59. The SMILES string of the molecule is CCc1ccc(COc2ccc(B(O)O)c(C)c2)cc1. The minimum Gasteiger partial charge on any atom is -0.489 e. The molecule has 0 radical (unpaired) electrons. The first kappa shape index (κ1) is 14.6. The summed E-state index contributed by atoms with van der Waals surface area (Å²) in [5.74, 6) is 0.728. The lowest BCUT2D eigenvalue weighted by molar-refractivity contribution is 0.306. The van der Waals surface area contributed by atoms with Gasteiger partial charge in [0.25, 0.3) is 0 Å². The smallest absolute Gasteiger partial charge is 0.488 e. The van der Waals surface area contributed by atoms with Crippen molar-refractivity contribution in [3.63, 3.8) is 0 Å². The number of hydrogen-bond donors (Lipinski definition) is 2. The van der Waals surface area contributed by atoms with Gasteiger partial charge in [0.1, 0.15) is 12.4 Å². The molecule has 0 saturated carbocycles. The zero-order valence-electron chi connectivity index (χ0n) is 11.8. The molecule has 3 nitrogen and oxygen atoms in total. The largest absolute Gasteiger partial charge is 0.489 e. The molecule has 0 aromatic heterocycles. The second-order valence-corrected chi connectivity index (χ2v) is 4.85. The molecular formula is C16H19BO3. The third kappa shape index (κ3) is 3.62. The quantitative estimate of drug-likeness (QED) is 0.815. The Balaban J connectivity index is 2.01. The molecule has 0 aliphatic heterocycles. The molecule has 0 aliphatic carbocycles. The topological polar surface area (TPSA) is 49.7 Å². The normalized spacial score (nSPS) is 10.4. The summed E-state index contributed by atoms with van der Waals surface area (Å²) in [7, 11) is -1.44. The van der Waals surface area contributed by atoms with Crippen molar-refractivity contribution in [2.75, 3.05) is 0 Å². The Kier molecular flexibility index (Phi) is 4.82. The van der Waals surface area contributed by atoms with Gasteiger partial charge in [-0.15, -0.1) is 0 Å². The maximum Gasteiger partial charge on any atom is 0.488 e. The Hall–Kier alpha value is -1.78. The van der Waals surface area contributed by atoms with Crippen LogP contribution in [0.1, 0.15) is 23.6 Å². The van der Waals surface area contributed by atoms with Gasteiger partial charge >= 0.3 is 7.12 Å². The van der Waals surface area contributed by atoms with Crippen LogP contribution in [0.4, 0.5) is 0 Å². The number of hydrogen-bond acceptors (Lipinski definition) is 3. The van der Waals surface area contributed by atoms with E-state index < -0.39 is 7.12 Å². The van der Waals surface area contributed by atoms with Crippen LogP contribution in [-0.2, 0) is 13.0 Å². The van der Waals surface area contributed by atoms with E-state index in [9.17, 15) is 0 Å². The Bertz CT molecular complexity index is 564. The van der Waals surface area contributed by atoms with Crippen molar-refractivity contribution >= 4 is 12.6 Å². The summed E-state index contributed by atoms with van der Waals surface area (Å²) < 4.78 is 5.72. The second kappa shape index (κ2) is 6.59. The van der Waals surface area contributed by atoms with E-state index >= 15 is 0 Å². The summed E-state index contributed by atoms with van der Waals surface area (Å²) in [5.41, 5.74) is 3.74. The van der Waals surface area contributed by atoms with Crippen molar-refractivity contribution < 1.29 is 14.8 Å². The lowest BCUT2D eigenvalue weighted by Gasteiger charge is -2.10. The summed E-state index contributed by atoms with van der Waals surface area (Å²) in [5, 5.41) is 18.3. The van der Waals surface area contributed by atoms with Crippen LogP contribution in [0.25, 0.3) is 0 Å². The predicted molar refractivity (Wildman–Crippen MR) is 81.2 cm³/mol. The van der Waals surface area contributed by atoms with Crippen LogP contribution in [0.15, 0.2) is 42.5 Å². The third-order valence-electron chi connectivity index (χ3n) is 3.36. The summed E-state index contributed by atoms with van der Waals surface area (Å²) in [4.78, 5) is 0. The van der Waals surface area contributed by atoms with Crippen LogP contribution >= 0.6 is 0 Å². The van der Waals surface area contributed by atoms with Crippen molar-refractivity contribution in [3.05, 3.63) is 59.2 Å². The van der Waals surface area contributed by atoms with Crippen LogP contribution in [0.2, 0.25) is 0 Å². The van der Waals surface area contributed by atoms with Gasteiger partial charge in [-0.05, 0) is 47.6 Å². The van der Waals surface area contributed by atoms with E-state index in [-0.39, 0.29) is 0 Å². The molecule has 0 bridgehead atoms. The van der Waals surface area contributed by atoms with Crippen LogP contribution < -0.4 is 10.2 Å². The second-order valence-electron chi connectivity index (χ2n) is 4.85. The molecule has 20 heavy (non-hydrogen) atoms. The van der Waals surface area contributed by atoms with Crippen molar-refractivity contribution in [2.45, 2.75) is 26.9 Å². The standard InChI is InChI=1S/C16H19BO3/c1-3-13-4-6-14(7-5-13)11-20-15-8-9-16(17(18)19)12(2)10-15/h4-10,18-19H,3,11H2,1-2H3. The molecule has 0 unspecified atom stereocenters. The Morgan fingerprint density at radius 3 is 2.20 bits per heavy atom. The molecule has 2 aromatic carbocycles. The van der Waals surface area contributed by atoms with E-state index in [0.717, 1.165) is 23.3 Å². The van der Waals surface area contributed by atoms with Gasteiger partial charge in [-0.1, -0.05) is 37.3 Å². The highest BCUT2D eigenvalue weighted by Gasteiger charge is 2.13. The molecule has 0 fully saturated rings. The van der Waals surface area contributed by atoms with Crippen molar-refractivity contribution in [2.24, 2.45) is 0 Å². The molecule has 0 atom stereocenters. The van der Waals surface area contributed by atoms with E-state index in [1.807, 2.05) is 13.0 Å². The van der Waals surface area contributed by atoms with Crippen molar-refractivity contribution in [1.82, 2.24) is 0 Å². The Morgan fingerprint density at radius 1 is 1.00 bits per heavy atom. The summed E-state index contributed by atoms with van der Waals surface area (Å²) in [6.07, 6.45) is 1.03. The number of ether oxygens (including phenoxy) is 1. The van der Waals surface area contributed by atoms with Gasteiger partial charge < -0.3 is 14.8 Å². The number of rotatable bonds is 5. The minimum atomic E-state index is -1.44. The summed E-state index contributed by atoms with van der Waals surface area (Å²) in [6.45, 7) is 4.47. The molecule has 0 heterocycles. The van der Waals surface area contributed by atoms with Crippen LogP contribution in [-0.4, -0.2) is 17.2 Å². The Labute approximate surface area is 120 Å². The Morgan fingerprint density at radius 2 is 1.65 bits per heavy atom. The van der Waals surface area contributed by atoms with Gasteiger partial charge in [0.15, 0.2) is 0 Å². The molecular weight excluding hydrogens is 251 g/mol. The van der Waals surface area contributed by atoms with Crippen molar-refractivity contribution in [1.29, 1.82) is 0 Å². The molecule has 2 N–H and O–H groups in total. The van der Waals surface area contributed by atoms with E-state index in [4.69, 9.17) is 14.8 Å². The molecule has 4 heteroatoms. The third-order valence-corrected chi connectivity index (χ3v) is 3.36. The van der Waals surface area contributed by atoms with Crippen LogP contribution in [0, 0.1) is 6.92 Å². The minimum absolute atomic E-state index is 0.504. The summed E-state index contributed by atoms with van der Waals surface area (Å²) >= 11 is 0.